The van der Waals surface area contributed by atoms with Crippen LogP contribution in [0.2, 0.25) is 0 Å². The van der Waals surface area contributed by atoms with Gasteiger partial charge in [0.05, 0.1) is 0 Å². The molecule has 0 unspecified atom stereocenters. The van der Waals surface area contributed by atoms with Gasteiger partial charge in [-0.1, -0.05) is 32.6 Å². The van der Waals surface area contributed by atoms with Crippen LogP contribution in [0.15, 0.2) is 0 Å². The van der Waals surface area contributed by atoms with Crippen LogP contribution in [0.4, 0.5) is 0 Å². The van der Waals surface area contributed by atoms with Crippen LogP contribution in [0.3, 0.4) is 0 Å². The molecule has 3 heteroatoms. The smallest absolute Gasteiger partial charge is 0.222 e. The highest BCUT2D eigenvalue weighted by molar-refractivity contribution is 5.76. The normalized spacial score (nSPS) is 15.6. The van der Waals surface area contributed by atoms with Crippen LogP contribution in [0, 0.1) is 0 Å². The van der Waals surface area contributed by atoms with E-state index in [1.54, 1.807) is 0 Å². The summed E-state index contributed by atoms with van der Waals surface area (Å²) in [5, 5.41) is 3.48. The van der Waals surface area contributed by atoms with Crippen LogP contribution >= 0.6 is 0 Å². The minimum absolute atomic E-state index is 0.394. The lowest BCUT2D eigenvalue weighted by Gasteiger charge is -2.26. The van der Waals surface area contributed by atoms with Crippen molar-refractivity contribution in [3.63, 3.8) is 0 Å². The molecule has 1 heterocycles. The molecule has 1 saturated heterocycles. The van der Waals surface area contributed by atoms with Crippen LogP contribution in [-0.4, -0.2) is 37.0 Å². The van der Waals surface area contributed by atoms with E-state index in [0.29, 0.717) is 5.91 Å². The fourth-order valence-corrected chi connectivity index (χ4v) is 2.78. The monoisotopic (exact) mass is 282 g/mol. The molecule has 0 saturated carbocycles. The lowest BCUT2D eigenvalue weighted by Crippen LogP contribution is -2.35. The standard InChI is InChI=1S/C17H34N2O/c1-2-3-13-18-14-9-6-4-5-8-12-17(20)19-15-10-7-11-16-19/h18H,2-16H2,1H3. The summed E-state index contributed by atoms with van der Waals surface area (Å²) in [6.07, 6.45) is 13.2. The van der Waals surface area contributed by atoms with Gasteiger partial charge >= 0.3 is 0 Å². The Hall–Kier alpha value is -0.570. The number of hydrogen-bond acceptors (Lipinski definition) is 2. The van der Waals surface area contributed by atoms with Crippen molar-refractivity contribution >= 4 is 5.91 Å². The van der Waals surface area contributed by atoms with Crippen molar-refractivity contribution in [3.8, 4) is 0 Å². The molecule has 0 atom stereocenters. The second kappa shape index (κ2) is 12.2. The summed E-state index contributed by atoms with van der Waals surface area (Å²) in [6.45, 7) is 6.56. The predicted molar refractivity (Wildman–Crippen MR) is 85.9 cm³/mol. The van der Waals surface area contributed by atoms with E-state index in [2.05, 4.69) is 17.1 Å². The quantitative estimate of drug-likeness (QED) is 0.586. The summed E-state index contributed by atoms with van der Waals surface area (Å²) in [6, 6.07) is 0. The van der Waals surface area contributed by atoms with Gasteiger partial charge in [0.2, 0.25) is 5.91 Å². The van der Waals surface area contributed by atoms with Crippen LogP contribution in [0.25, 0.3) is 0 Å². The first-order valence-electron chi connectivity index (χ1n) is 8.83. The van der Waals surface area contributed by atoms with E-state index >= 15 is 0 Å². The summed E-state index contributed by atoms with van der Waals surface area (Å²) in [4.78, 5) is 14.0. The first-order chi connectivity index (χ1) is 9.84. The number of amides is 1. The molecular weight excluding hydrogens is 248 g/mol. The Labute approximate surface area is 125 Å². The van der Waals surface area contributed by atoms with Gasteiger partial charge in [0.1, 0.15) is 0 Å². The average Bonchev–Trinajstić information content (AvgIpc) is 2.50. The van der Waals surface area contributed by atoms with E-state index in [1.807, 2.05) is 0 Å². The van der Waals surface area contributed by atoms with Gasteiger partial charge in [-0.3, -0.25) is 4.79 Å². The van der Waals surface area contributed by atoms with Gasteiger partial charge in [-0.25, -0.2) is 0 Å². The molecule has 0 aromatic heterocycles. The third-order valence-electron chi connectivity index (χ3n) is 4.16. The Bertz CT molecular complexity index is 237. The third kappa shape index (κ3) is 8.57. The van der Waals surface area contributed by atoms with E-state index in [9.17, 15) is 4.79 Å². The Balaban J connectivity index is 1.83. The van der Waals surface area contributed by atoms with Crippen molar-refractivity contribution in [2.24, 2.45) is 0 Å². The largest absolute Gasteiger partial charge is 0.343 e. The molecule has 0 spiro atoms. The molecule has 0 bridgehead atoms. The van der Waals surface area contributed by atoms with Crippen molar-refractivity contribution < 1.29 is 4.79 Å². The molecular formula is C17H34N2O. The summed E-state index contributed by atoms with van der Waals surface area (Å²) < 4.78 is 0. The van der Waals surface area contributed by atoms with Gasteiger partial charge in [-0.2, -0.15) is 0 Å². The minimum Gasteiger partial charge on any atom is -0.343 e. The van der Waals surface area contributed by atoms with Crippen LogP contribution in [0.5, 0.6) is 0 Å². The summed E-state index contributed by atoms with van der Waals surface area (Å²) in [7, 11) is 0. The van der Waals surface area contributed by atoms with Crippen LogP contribution in [0.1, 0.15) is 77.6 Å². The molecule has 1 aliphatic rings. The zero-order valence-corrected chi connectivity index (χ0v) is 13.5. The Morgan fingerprint density at radius 3 is 2.30 bits per heavy atom. The summed E-state index contributed by atoms with van der Waals surface area (Å²) in [5.74, 6) is 0.394. The second-order valence-corrected chi connectivity index (χ2v) is 6.06. The molecule has 0 aromatic rings. The summed E-state index contributed by atoms with van der Waals surface area (Å²) in [5.41, 5.74) is 0. The fourth-order valence-electron chi connectivity index (χ4n) is 2.78. The van der Waals surface area contributed by atoms with Gasteiger partial charge in [-0.15, -0.1) is 0 Å². The first-order valence-corrected chi connectivity index (χ1v) is 8.83. The highest BCUT2D eigenvalue weighted by atomic mass is 16.2. The van der Waals surface area contributed by atoms with Crippen molar-refractivity contribution in [1.29, 1.82) is 0 Å². The van der Waals surface area contributed by atoms with Gasteiger partial charge in [0.25, 0.3) is 0 Å². The maximum Gasteiger partial charge on any atom is 0.222 e. The Morgan fingerprint density at radius 1 is 0.900 bits per heavy atom. The van der Waals surface area contributed by atoms with Gasteiger partial charge < -0.3 is 10.2 Å². The molecule has 1 N–H and O–H groups in total. The number of unbranched alkanes of at least 4 members (excludes halogenated alkanes) is 5. The van der Waals surface area contributed by atoms with E-state index in [1.165, 1.54) is 64.3 Å². The minimum atomic E-state index is 0.394. The van der Waals surface area contributed by atoms with Crippen LogP contribution < -0.4 is 5.32 Å². The van der Waals surface area contributed by atoms with E-state index in [0.717, 1.165) is 32.5 Å². The molecule has 1 amide bonds. The molecule has 1 fully saturated rings. The first kappa shape index (κ1) is 17.5. The van der Waals surface area contributed by atoms with Gasteiger partial charge in [-0.05, 0) is 51.6 Å². The summed E-state index contributed by atoms with van der Waals surface area (Å²) >= 11 is 0. The Kier molecular flexibility index (Phi) is 10.7. The predicted octanol–water partition coefficient (Wildman–Crippen LogP) is 3.73. The van der Waals surface area contributed by atoms with E-state index < -0.39 is 0 Å². The number of hydrogen-bond donors (Lipinski definition) is 1. The van der Waals surface area contributed by atoms with Crippen molar-refractivity contribution in [3.05, 3.63) is 0 Å². The van der Waals surface area contributed by atoms with Gasteiger partial charge in [0, 0.05) is 19.5 Å². The molecule has 1 rings (SSSR count). The Morgan fingerprint density at radius 2 is 1.55 bits per heavy atom. The molecule has 0 radical (unpaired) electrons. The number of nitrogens with zero attached hydrogens (tertiary/aromatic N) is 1. The highest BCUT2D eigenvalue weighted by Gasteiger charge is 2.15. The van der Waals surface area contributed by atoms with E-state index in [4.69, 9.17) is 0 Å². The molecule has 20 heavy (non-hydrogen) atoms. The molecule has 0 aliphatic carbocycles. The SMILES string of the molecule is CCCCNCCCCCCCC(=O)N1CCCCC1. The topological polar surface area (TPSA) is 32.3 Å². The maximum absolute atomic E-state index is 11.9. The number of rotatable bonds is 11. The number of likely N-dealkylation sites (tertiary alicyclic amines) is 1. The average molecular weight is 282 g/mol. The maximum atomic E-state index is 11.9. The molecule has 3 nitrogen and oxygen atoms in total. The third-order valence-corrected chi connectivity index (χ3v) is 4.16. The number of carbonyl (C=O) groups is 1. The van der Waals surface area contributed by atoms with Crippen LogP contribution in [-0.2, 0) is 4.79 Å². The lowest BCUT2D eigenvalue weighted by atomic mass is 10.1. The van der Waals surface area contributed by atoms with Crippen molar-refractivity contribution in [1.82, 2.24) is 10.2 Å². The van der Waals surface area contributed by atoms with Gasteiger partial charge in [0.15, 0.2) is 0 Å². The van der Waals surface area contributed by atoms with E-state index in [-0.39, 0.29) is 0 Å². The zero-order chi connectivity index (χ0) is 14.5. The number of piperidine rings is 1. The van der Waals surface area contributed by atoms with Crippen molar-refractivity contribution in [2.75, 3.05) is 26.2 Å². The molecule has 1 aliphatic heterocycles. The number of carbonyl (C=O) groups excluding carboxylic acids is 1. The van der Waals surface area contributed by atoms with Crippen molar-refractivity contribution in [2.45, 2.75) is 77.6 Å². The number of nitrogens with one attached hydrogen (secondary N) is 1. The molecule has 118 valence electrons. The molecule has 0 aromatic carbocycles. The highest BCUT2D eigenvalue weighted by Crippen LogP contribution is 2.12. The lowest BCUT2D eigenvalue weighted by molar-refractivity contribution is -0.132. The second-order valence-electron chi connectivity index (χ2n) is 6.06. The fraction of sp³-hybridized carbons (Fsp3) is 0.941. The zero-order valence-electron chi connectivity index (χ0n) is 13.5.